The van der Waals surface area contributed by atoms with E-state index in [2.05, 4.69) is 9.97 Å². The van der Waals surface area contributed by atoms with E-state index in [4.69, 9.17) is 9.47 Å². The van der Waals surface area contributed by atoms with Gasteiger partial charge in [-0.3, -0.25) is 14.6 Å². The van der Waals surface area contributed by atoms with Crippen molar-refractivity contribution in [1.82, 2.24) is 19.8 Å². The fourth-order valence-corrected chi connectivity index (χ4v) is 3.61. The highest BCUT2D eigenvalue weighted by Gasteiger charge is 2.20. The van der Waals surface area contributed by atoms with Crippen LogP contribution in [-0.4, -0.2) is 65.9 Å². The van der Waals surface area contributed by atoms with Crippen LogP contribution in [0.5, 0.6) is 11.5 Å². The molecule has 0 fully saturated rings. The molecular weight excluding hydrogens is 463 g/mol. The summed E-state index contributed by atoms with van der Waals surface area (Å²) in [5, 5.41) is 0. The molecule has 0 aliphatic rings. The van der Waals surface area contributed by atoms with Gasteiger partial charge < -0.3 is 19.3 Å². The average Bonchev–Trinajstić information content (AvgIpc) is 2.90. The highest BCUT2D eigenvalue weighted by Crippen LogP contribution is 2.27. The number of ether oxygens (including phenoxy) is 2. The van der Waals surface area contributed by atoms with Crippen LogP contribution in [0.2, 0.25) is 0 Å². The van der Waals surface area contributed by atoms with E-state index in [1.54, 1.807) is 45.2 Å². The minimum atomic E-state index is -0.354. The van der Waals surface area contributed by atoms with Gasteiger partial charge in [-0.25, -0.2) is 9.37 Å². The number of halogens is 1. The number of methoxy groups -OCH3 is 2. The van der Waals surface area contributed by atoms with Crippen LogP contribution in [0.3, 0.4) is 0 Å². The average molecular weight is 495 g/mol. The molecule has 0 atom stereocenters. The molecule has 3 rings (SSSR count). The first-order valence-corrected chi connectivity index (χ1v) is 11.6. The number of aryl methyl sites for hydroxylation is 1. The predicted molar refractivity (Wildman–Crippen MR) is 133 cm³/mol. The van der Waals surface area contributed by atoms with Gasteiger partial charge in [-0.15, -0.1) is 0 Å². The second-order valence-electron chi connectivity index (χ2n) is 8.40. The maximum atomic E-state index is 13.3. The Morgan fingerprint density at radius 1 is 0.917 bits per heavy atom. The van der Waals surface area contributed by atoms with Gasteiger partial charge in [-0.1, -0.05) is 18.2 Å². The second-order valence-corrected chi connectivity index (χ2v) is 8.40. The largest absolute Gasteiger partial charge is 0.493 e. The lowest BCUT2D eigenvalue weighted by atomic mass is 10.1. The van der Waals surface area contributed by atoms with Crippen LogP contribution in [0, 0.1) is 12.7 Å². The van der Waals surface area contributed by atoms with Gasteiger partial charge in [-0.2, -0.15) is 0 Å². The third-order valence-corrected chi connectivity index (χ3v) is 5.78. The molecule has 1 heterocycles. The number of hydrogen-bond acceptors (Lipinski definition) is 6. The minimum absolute atomic E-state index is 0.0950. The highest BCUT2D eigenvalue weighted by molar-refractivity contribution is 5.92. The molecule has 8 nitrogen and oxygen atoms in total. The monoisotopic (exact) mass is 494 g/mol. The third kappa shape index (κ3) is 7.24. The van der Waals surface area contributed by atoms with E-state index < -0.39 is 0 Å². The minimum Gasteiger partial charge on any atom is -0.493 e. The fraction of sp³-hybridized carbons (Fsp3) is 0.333. The van der Waals surface area contributed by atoms with Crippen LogP contribution in [0.25, 0.3) is 0 Å². The molecule has 0 aliphatic carbocycles. The van der Waals surface area contributed by atoms with Crippen molar-refractivity contribution in [3.05, 3.63) is 83.2 Å². The van der Waals surface area contributed by atoms with E-state index in [0.29, 0.717) is 30.2 Å². The lowest BCUT2D eigenvalue weighted by molar-refractivity contribution is -0.130. The molecule has 190 valence electrons. The number of carbonyl (C=O) groups excluding carboxylic acids is 2. The molecule has 0 spiro atoms. The smallest absolute Gasteiger partial charge is 0.274 e. The van der Waals surface area contributed by atoms with Crippen LogP contribution in [0.15, 0.2) is 54.9 Å². The van der Waals surface area contributed by atoms with Gasteiger partial charge in [-0.05, 0) is 48.7 Å². The molecule has 36 heavy (non-hydrogen) atoms. The Morgan fingerprint density at radius 2 is 1.61 bits per heavy atom. The molecule has 1 aromatic heterocycles. The molecule has 0 saturated carbocycles. The first-order valence-electron chi connectivity index (χ1n) is 11.6. The maximum Gasteiger partial charge on any atom is 0.274 e. The van der Waals surface area contributed by atoms with E-state index in [1.165, 1.54) is 29.4 Å². The lowest BCUT2D eigenvalue weighted by Gasteiger charge is -2.24. The molecule has 3 aromatic rings. The lowest BCUT2D eigenvalue weighted by Crippen LogP contribution is -2.36. The van der Waals surface area contributed by atoms with Crippen LogP contribution in [-0.2, 0) is 17.8 Å². The van der Waals surface area contributed by atoms with E-state index >= 15 is 0 Å². The number of benzene rings is 2. The van der Waals surface area contributed by atoms with Crippen LogP contribution >= 0.6 is 0 Å². The number of aromatic nitrogens is 2. The number of amides is 2. The molecule has 0 N–H and O–H groups in total. The van der Waals surface area contributed by atoms with Crippen LogP contribution < -0.4 is 9.47 Å². The highest BCUT2D eigenvalue weighted by atomic mass is 19.1. The molecule has 0 aliphatic heterocycles. The fourth-order valence-electron chi connectivity index (χ4n) is 3.61. The van der Waals surface area contributed by atoms with E-state index in [-0.39, 0.29) is 42.8 Å². The van der Waals surface area contributed by atoms with Crippen molar-refractivity contribution >= 4 is 11.8 Å². The van der Waals surface area contributed by atoms with Crippen molar-refractivity contribution in [2.75, 3.05) is 34.4 Å². The summed E-state index contributed by atoms with van der Waals surface area (Å²) in [6.07, 6.45) is 3.72. The molecule has 0 unspecified atom stereocenters. The van der Waals surface area contributed by atoms with Crippen molar-refractivity contribution in [3.8, 4) is 11.5 Å². The zero-order valence-corrected chi connectivity index (χ0v) is 21.0. The van der Waals surface area contributed by atoms with Crippen molar-refractivity contribution < 1.29 is 23.5 Å². The Hall–Kier alpha value is -4.01. The van der Waals surface area contributed by atoms with Crippen LogP contribution in [0.1, 0.15) is 33.7 Å². The summed E-state index contributed by atoms with van der Waals surface area (Å²) >= 11 is 0. The first-order chi connectivity index (χ1) is 17.3. The van der Waals surface area contributed by atoms with Crippen molar-refractivity contribution in [2.45, 2.75) is 26.3 Å². The van der Waals surface area contributed by atoms with Crippen molar-refractivity contribution in [2.24, 2.45) is 0 Å². The second kappa shape index (κ2) is 12.6. The topological polar surface area (TPSA) is 84.9 Å². The zero-order valence-electron chi connectivity index (χ0n) is 21.0. The van der Waals surface area contributed by atoms with Gasteiger partial charge in [0.25, 0.3) is 5.91 Å². The number of rotatable bonds is 11. The van der Waals surface area contributed by atoms with E-state index in [1.807, 2.05) is 18.2 Å². The number of nitrogens with zero attached hydrogens (tertiary/aromatic N) is 4. The van der Waals surface area contributed by atoms with Gasteiger partial charge in [0.2, 0.25) is 5.91 Å². The van der Waals surface area contributed by atoms with Gasteiger partial charge >= 0.3 is 0 Å². The van der Waals surface area contributed by atoms with Gasteiger partial charge in [0.15, 0.2) is 11.5 Å². The van der Waals surface area contributed by atoms with Gasteiger partial charge in [0.1, 0.15) is 11.5 Å². The quantitative estimate of drug-likeness (QED) is 0.404. The summed E-state index contributed by atoms with van der Waals surface area (Å²) < 4.78 is 24.0. The maximum absolute atomic E-state index is 13.3. The van der Waals surface area contributed by atoms with E-state index in [0.717, 1.165) is 11.1 Å². The number of hydrogen-bond donors (Lipinski definition) is 0. The summed E-state index contributed by atoms with van der Waals surface area (Å²) in [6, 6.07) is 11.6. The molecule has 2 aromatic carbocycles. The Morgan fingerprint density at radius 3 is 2.25 bits per heavy atom. The van der Waals surface area contributed by atoms with Crippen molar-refractivity contribution in [1.29, 1.82) is 0 Å². The summed E-state index contributed by atoms with van der Waals surface area (Å²) in [5.74, 6) is 0.496. The Bertz CT molecular complexity index is 1170. The normalized spacial score (nSPS) is 10.6. The summed E-state index contributed by atoms with van der Waals surface area (Å²) in [5.41, 5.74) is 2.65. The Balaban J connectivity index is 1.63. The summed E-state index contributed by atoms with van der Waals surface area (Å²) in [4.78, 5) is 37.5. The zero-order chi connectivity index (χ0) is 26.1. The van der Waals surface area contributed by atoms with E-state index in [9.17, 15) is 14.0 Å². The SMILES string of the molecule is COc1ccc(CCN(C)C(=O)CCN(Cc2ccc(F)cc2)C(=O)c2cnc(C)cn2)cc1OC. The summed E-state index contributed by atoms with van der Waals surface area (Å²) in [6.45, 7) is 2.69. The Labute approximate surface area is 210 Å². The molecule has 0 saturated heterocycles. The molecule has 0 bridgehead atoms. The Kier molecular flexibility index (Phi) is 9.32. The molecule has 2 amide bonds. The molecule has 0 radical (unpaired) electrons. The molecule has 9 heteroatoms. The summed E-state index contributed by atoms with van der Waals surface area (Å²) in [7, 11) is 4.90. The van der Waals surface area contributed by atoms with Crippen molar-refractivity contribution in [3.63, 3.8) is 0 Å². The number of likely N-dealkylation sites (N-methyl/N-ethyl adjacent to an activating group) is 1. The van der Waals surface area contributed by atoms with Gasteiger partial charge in [0.05, 0.1) is 26.1 Å². The number of carbonyl (C=O) groups is 2. The van der Waals surface area contributed by atoms with Gasteiger partial charge in [0, 0.05) is 39.3 Å². The molecular formula is C27H31FN4O4. The van der Waals surface area contributed by atoms with Crippen LogP contribution in [0.4, 0.5) is 4.39 Å². The standard InChI is InChI=1S/C27H31FN4O4/c1-19-16-30-23(17-29-19)27(34)32(18-21-5-8-22(28)9-6-21)14-12-26(33)31(2)13-11-20-7-10-24(35-3)25(15-20)36-4/h5-10,15-17H,11-14,18H2,1-4H3. The first kappa shape index (κ1) is 26.6. The predicted octanol–water partition coefficient (Wildman–Crippen LogP) is 3.67. The third-order valence-electron chi connectivity index (χ3n) is 5.78.